The molecule has 1 aliphatic rings. The summed E-state index contributed by atoms with van der Waals surface area (Å²) in [6.07, 6.45) is 6.32. The van der Waals surface area contributed by atoms with Gasteiger partial charge in [0.2, 0.25) is 0 Å². The fourth-order valence-corrected chi connectivity index (χ4v) is 3.16. The van der Waals surface area contributed by atoms with Crippen LogP contribution in [0, 0.1) is 0 Å². The fraction of sp³-hybridized carbons (Fsp3) is 0.312. The molecule has 0 radical (unpaired) electrons. The van der Waals surface area contributed by atoms with Crippen molar-refractivity contribution in [2.45, 2.75) is 32.4 Å². The van der Waals surface area contributed by atoms with Gasteiger partial charge in [-0.2, -0.15) is 0 Å². The number of benzene rings is 1. The van der Waals surface area contributed by atoms with Crippen molar-refractivity contribution in [1.29, 1.82) is 0 Å². The van der Waals surface area contributed by atoms with E-state index in [1.54, 1.807) is 0 Å². The van der Waals surface area contributed by atoms with Gasteiger partial charge >= 0.3 is 0 Å². The monoisotopic (exact) mass is 280 g/mol. The third-order valence-electron chi connectivity index (χ3n) is 4.19. The first-order valence-corrected chi connectivity index (χ1v) is 7.31. The summed E-state index contributed by atoms with van der Waals surface area (Å²) in [4.78, 5) is 11.3. The number of aromatic nitrogens is 4. The lowest BCUT2D eigenvalue weighted by Gasteiger charge is -2.15. The Labute approximate surface area is 122 Å². The fourth-order valence-electron chi connectivity index (χ4n) is 3.16. The van der Waals surface area contributed by atoms with Crippen LogP contribution in [0.25, 0.3) is 10.9 Å². The third kappa shape index (κ3) is 1.96. The molecule has 0 spiro atoms. The van der Waals surface area contributed by atoms with Gasteiger partial charge in [-0.05, 0) is 25.0 Å². The van der Waals surface area contributed by atoms with Crippen molar-refractivity contribution in [3.8, 4) is 0 Å². The van der Waals surface area contributed by atoms with Crippen LogP contribution >= 0.6 is 0 Å². The zero-order valence-electron chi connectivity index (χ0n) is 11.7. The highest BCUT2D eigenvalue weighted by Crippen LogP contribution is 2.21. The van der Waals surface area contributed by atoms with Gasteiger partial charge in [0.15, 0.2) is 12.1 Å². The Morgan fingerprint density at radius 1 is 1.19 bits per heavy atom. The van der Waals surface area contributed by atoms with E-state index in [0.29, 0.717) is 6.54 Å². The number of hydrogen-bond acceptors (Lipinski definition) is 3. The average molecular weight is 280 g/mol. The highest BCUT2D eigenvalue weighted by Gasteiger charge is 2.16. The molecule has 0 fully saturated rings. The van der Waals surface area contributed by atoms with Gasteiger partial charge in [-0.1, -0.05) is 12.1 Å². The first kappa shape index (κ1) is 12.3. The molecule has 21 heavy (non-hydrogen) atoms. The maximum atomic E-state index is 11.3. The Morgan fingerprint density at radius 2 is 2.14 bits per heavy atom. The summed E-state index contributed by atoms with van der Waals surface area (Å²) in [7, 11) is 0. The predicted octanol–water partition coefficient (Wildman–Crippen LogP) is 2.43. The summed E-state index contributed by atoms with van der Waals surface area (Å²) in [5, 5.41) is 9.71. The van der Waals surface area contributed by atoms with Gasteiger partial charge in [-0.15, -0.1) is 10.2 Å². The van der Waals surface area contributed by atoms with E-state index in [-0.39, 0.29) is 0 Å². The van der Waals surface area contributed by atoms with E-state index in [0.717, 1.165) is 47.4 Å². The molecule has 0 bridgehead atoms. The van der Waals surface area contributed by atoms with Gasteiger partial charge in [0.1, 0.15) is 5.82 Å². The SMILES string of the molecule is O=Cc1cccc2ccn(Cc3nnc4n3CCCC4)c12. The largest absolute Gasteiger partial charge is 0.339 e. The molecule has 0 N–H and O–H groups in total. The van der Waals surface area contributed by atoms with E-state index in [1.807, 2.05) is 30.5 Å². The highest BCUT2D eigenvalue weighted by molar-refractivity contribution is 5.96. The van der Waals surface area contributed by atoms with Crippen LogP contribution in [-0.4, -0.2) is 25.6 Å². The maximum absolute atomic E-state index is 11.3. The van der Waals surface area contributed by atoms with Crippen molar-refractivity contribution in [1.82, 2.24) is 19.3 Å². The Balaban J connectivity index is 1.78. The van der Waals surface area contributed by atoms with Crippen LogP contribution < -0.4 is 0 Å². The molecule has 0 aliphatic carbocycles. The van der Waals surface area contributed by atoms with Crippen LogP contribution in [0.1, 0.15) is 34.8 Å². The zero-order chi connectivity index (χ0) is 14.2. The molecule has 4 rings (SSSR count). The van der Waals surface area contributed by atoms with Crippen LogP contribution in [0.3, 0.4) is 0 Å². The summed E-state index contributed by atoms with van der Waals surface area (Å²) in [6, 6.07) is 7.83. The summed E-state index contributed by atoms with van der Waals surface area (Å²) >= 11 is 0. The highest BCUT2D eigenvalue weighted by atomic mass is 16.1. The molecule has 0 saturated carbocycles. The molecule has 0 saturated heterocycles. The second-order valence-electron chi connectivity index (χ2n) is 5.49. The minimum absolute atomic E-state index is 0.654. The smallest absolute Gasteiger partial charge is 0.153 e. The van der Waals surface area contributed by atoms with Crippen molar-refractivity contribution in [2.75, 3.05) is 0 Å². The van der Waals surface area contributed by atoms with E-state index in [4.69, 9.17) is 0 Å². The van der Waals surface area contributed by atoms with Crippen LogP contribution in [0.15, 0.2) is 30.5 Å². The minimum atomic E-state index is 0.654. The molecule has 0 atom stereocenters. The number of para-hydroxylation sites is 1. The van der Waals surface area contributed by atoms with Crippen molar-refractivity contribution in [2.24, 2.45) is 0 Å². The second kappa shape index (κ2) is 4.84. The van der Waals surface area contributed by atoms with Crippen LogP contribution in [0.2, 0.25) is 0 Å². The normalized spacial score (nSPS) is 14.3. The number of aryl methyl sites for hydroxylation is 1. The number of nitrogens with zero attached hydrogens (tertiary/aromatic N) is 4. The number of hydrogen-bond donors (Lipinski definition) is 0. The van der Waals surface area contributed by atoms with Crippen molar-refractivity contribution in [3.63, 3.8) is 0 Å². The predicted molar refractivity (Wildman–Crippen MR) is 79.4 cm³/mol. The quantitative estimate of drug-likeness (QED) is 0.692. The summed E-state index contributed by atoms with van der Waals surface area (Å²) in [6.45, 7) is 1.65. The molecule has 1 aliphatic heterocycles. The number of carbonyl (C=O) groups excluding carboxylic acids is 1. The molecule has 5 heteroatoms. The van der Waals surface area contributed by atoms with E-state index >= 15 is 0 Å². The first-order chi connectivity index (χ1) is 10.4. The topological polar surface area (TPSA) is 52.7 Å². The van der Waals surface area contributed by atoms with Gasteiger partial charge in [0, 0.05) is 30.1 Å². The molecule has 3 aromatic rings. The average Bonchev–Trinajstić information content (AvgIpc) is 3.13. The van der Waals surface area contributed by atoms with Crippen molar-refractivity contribution in [3.05, 3.63) is 47.7 Å². The molecular formula is C16H16N4O. The Hall–Kier alpha value is -2.43. The van der Waals surface area contributed by atoms with E-state index in [1.165, 1.54) is 12.8 Å². The lowest BCUT2D eigenvalue weighted by molar-refractivity contribution is 0.112. The molecule has 0 amide bonds. The van der Waals surface area contributed by atoms with Gasteiger partial charge in [-0.25, -0.2) is 0 Å². The minimum Gasteiger partial charge on any atom is -0.339 e. The molecule has 1 aromatic carbocycles. The zero-order valence-corrected chi connectivity index (χ0v) is 11.7. The van der Waals surface area contributed by atoms with Crippen molar-refractivity contribution >= 4 is 17.2 Å². The number of aldehydes is 1. The molecule has 3 heterocycles. The van der Waals surface area contributed by atoms with Gasteiger partial charge < -0.3 is 9.13 Å². The maximum Gasteiger partial charge on any atom is 0.153 e. The van der Waals surface area contributed by atoms with Crippen LogP contribution in [-0.2, 0) is 19.5 Å². The van der Waals surface area contributed by atoms with E-state index in [9.17, 15) is 4.79 Å². The summed E-state index contributed by atoms with van der Waals surface area (Å²) < 4.78 is 4.31. The van der Waals surface area contributed by atoms with Gasteiger partial charge in [0.05, 0.1) is 12.1 Å². The molecule has 0 unspecified atom stereocenters. The first-order valence-electron chi connectivity index (χ1n) is 7.31. The molecular weight excluding hydrogens is 264 g/mol. The van der Waals surface area contributed by atoms with E-state index < -0.39 is 0 Å². The molecule has 106 valence electrons. The third-order valence-corrected chi connectivity index (χ3v) is 4.19. The molecule has 5 nitrogen and oxygen atoms in total. The summed E-state index contributed by atoms with van der Waals surface area (Å²) in [5.41, 5.74) is 1.69. The standard InChI is InChI=1S/C16H16N4O/c21-11-13-5-3-4-12-7-9-19(16(12)13)10-15-18-17-14-6-1-2-8-20(14)15/h3-5,7,9,11H,1-2,6,8,10H2. The lowest BCUT2D eigenvalue weighted by Crippen LogP contribution is -2.15. The van der Waals surface area contributed by atoms with Crippen LogP contribution in [0.5, 0.6) is 0 Å². The van der Waals surface area contributed by atoms with Crippen LogP contribution in [0.4, 0.5) is 0 Å². The summed E-state index contributed by atoms with van der Waals surface area (Å²) in [5.74, 6) is 2.06. The number of carbonyl (C=O) groups is 1. The van der Waals surface area contributed by atoms with E-state index in [2.05, 4.69) is 19.3 Å². The number of fused-ring (bicyclic) bond motifs is 2. The van der Waals surface area contributed by atoms with Gasteiger partial charge in [-0.3, -0.25) is 4.79 Å². The second-order valence-corrected chi connectivity index (χ2v) is 5.49. The Kier molecular flexibility index (Phi) is 2.84. The lowest BCUT2D eigenvalue weighted by atomic mass is 10.1. The molecule has 2 aromatic heterocycles. The van der Waals surface area contributed by atoms with Crippen molar-refractivity contribution < 1.29 is 4.79 Å². The Morgan fingerprint density at radius 3 is 3.05 bits per heavy atom. The van der Waals surface area contributed by atoms with Gasteiger partial charge in [0.25, 0.3) is 0 Å². The number of rotatable bonds is 3. The Bertz CT molecular complexity index is 815.